The molecule has 0 amide bonds. The van der Waals surface area contributed by atoms with Crippen LogP contribution in [0.25, 0.3) is 0 Å². The number of nitrogens with zero attached hydrogens (tertiary/aromatic N) is 3. The second kappa shape index (κ2) is 9.17. The van der Waals surface area contributed by atoms with Gasteiger partial charge in [-0.1, -0.05) is 48.3 Å². The van der Waals surface area contributed by atoms with E-state index >= 15 is 0 Å². The van der Waals surface area contributed by atoms with Crippen molar-refractivity contribution in [2.24, 2.45) is 5.10 Å². The minimum absolute atomic E-state index is 0.394. The third kappa shape index (κ3) is 5.19. The van der Waals surface area contributed by atoms with Crippen molar-refractivity contribution in [2.75, 3.05) is 0 Å². The lowest BCUT2D eigenvalue weighted by Crippen LogP contribution is -1.99. The number of halogens is 2. The molecular formula is C19H18Cl2N4OS. The highest BCUT2D eigenvalue weighted by Gasteiger charge is 2.04. The van der Waals surface area contributed by atoms with Crippen LogP contribution in [0.1, 0.15) is 30.3 Å². The molecule has 2 aromatic carbocycles. The number of ether oxygens (including phenoxy) is 1. The topological polar surface area (TPSA) is 55.2 Å². The van der Waals surface area contributed by atoms with Gasteiger partial charge in [-0.3, -0.25) is 5.10 Å². The fraction of sp³-hybridized carbons (Fsp3) is 0.211. The predicted octanol–water partition coefficient (Wildman–Crippen LogP) is 5.66. The molecule has 27 heavy (non-hydrogen) atoms. The van der Waals surface area contributed by atoms with Crippen molar-refractivity contribution in [2.45, 2.75) is 26.4 Å². The summed E-state index contributed by atoms with van der Waals surface area (Å²) < 4.78 is 7.96. The summed E-state index contributed by atoms with van der Waals surface area (Å²) in [7, 11) is 0. The number of H-pyrrole nitrogens is 1. The Hall–Kier alpha value is -2.15. The fourth-order valence-electron chi connectivity index (χ4n) is 2.43. The molecule has 1 heterocycles. The van der Waals surface area contributed by atoms with Gasteiger partial charge in [-0.05, 0) is 54.0 Å². The molecule has 0 aliphatic heterocycles. The van der Waals surface area contributed by atoms with Gasteiger partial charge in [0.05, 0.1) is 16.3 Å². The molecule has 1 aromatic heterocycles. The van der Waals surface area contributed by atoms with Crippen molar-refractivity contribution in [3.8, 4) is 5.75 Å². The van der Waals surface area contributed by atoms with Crippen LogP contribution in [0.4, 0.5) is 0 Å². The minimum atomic E-state index is 0.394. The average Bonchev–Trinajstić information content (AvgIpc) is 3.01. The van der Waals surface area contributed by atoms with E-state index in [4.69, 9.17) is 40.2 Å². The predicted molar refractivity (Wildman–Crippen MR) is 112 cm³/mol. The zero-order chi connectivity index (χ0) is 19.2. The van der Waals surface area contributed by atoms with Gasteiger partial charge in [-0.25, -0.2) is 0 Å². The molecule has 3 aromatic rings. The second-order valence-electron chi connectivity index (χ2n) is 5.86. The largest absolute Gasteiger partial charge is 0.489 e. The quantitative estimate of drug-likeness (QED) is 0.396. The van der Waals surface area contributed by atoms with Crippen molar-refractivity contribution < 1.29 is 4.74 Å². The van der Waals surface area contributed by atoms with E-state index in [1.54, 1.807) is 23.0 Å². The number of benzene rings is 2. The van der Waals surface area contributed by atoms with E-state index in [-0.39, 0.29) is 0 Å². The highest BCUT2D eigenvalue weighted by Crippen LogP contribution is 2.23. The van der Waals surface area contributed by atoms with Gasteiger partial charge in [-0.2, -0.15) is 14.9 Å². The van der Waals surface area contributed by atoms with Crippen LogP contribution in [-0.4, -0.2) is 21.1 Å². The lowest BCUT2D eigenvalue weighted by molar-refractivity contribution is 0.306. The van der Waals surface area contributed by atoms with E-state index in [0.29, 0.717) is 21.4 Å². The first kappa shape index (κ1) is 19.6. The fourth-order valence-corrected chi connectivity index (χ4v) is 2.95. The summed E-state index contributed by atoms with van der Waals surface area (Å²) in [6.07, 6.45) is 3.50. The monoisotopic (exact) mass is 420 g/mol. The molecule has 0 aliphatic rings. The van der Waals surface area contributed by atoms with E-state index in [1.165, 1.54) is 0 Å². The molecule has 8 heteroatoms. The Balaban J connectivity index is 1.71. The maximum atomic E-state index is 6.04. The van der Waals surface area contributed by atoms with E-state index in [1.807, 2.05) is 30.3 Å². The maximum Gasteiger partial charge on any atom is 0.216 e. The summed E-state index contributed by atoms with van der Waals surface area (Å²) in [6.45, 7) is 2.48. The Labute approximate surface area is 172 Å². The van der Waals surface area contributed by atoms with Gasteiger partial charge in [0.1, 0.15) is 12.4 Å². The number of aromatic amines is 1. The Morgan fingerprint density at radius 1 is 1.22 bits per heavy atom. The highest BCUT2D eigenvalue weighted by atomic mass is 35.5. The zero-order valence-corrected chi connectivity index (χ0v) is 17.0. The standard InChI is InChI=1S/C19H18Cl2N4OS/c1-2-4-18-23-24-19(27)25(18)22-11-13-5-3-6-15(9-13)26-12-14-7-8-16(20)17(21)10-14/h3,5-11H,2,4,12H2,1H3,(H,24,27)/b22-11+. The van der Waals surface area contributed by atoms with Crippen molar-refractivity contribution in [3.05, 3.63) is 74.2 Å². The first-order chi connectivity index (χ1) is 13.1. The summed E-state index contributed by atoms with van der Waals surface area (Å²) in [5.74, 6) is 1.54. The number of nitrogens with one attached hydrogen (secondary N) is 1. The molecule has 5 nitrogen and oxygen atoms in total. The van der Waals surface area contributed by atoms with Gasteiger partial charge in [0.15, 0.2) is 5.82 Å². The van der Waals surface area contributed by atoms with Crippen molar-refractivity contribution in [1.29, 1.82) is 0 Å². The van der Waals surface area contributed by atoms with Crippen LogP contribution in [0.15, 0.2) is 47.6 Å². The van der Waals surface area contributed by atoms with Crippen molar-refractivity contribution in [1.82, 2.24) is 14.9 Å². The lowest BCUT2D eigenvalue weighted by Gasteiger charge is -2.08. The summed E-state index contributed by atoms with van der Waals surface area (Å²) in [5.41, 5.74) is 1.84. The molecule has 0 atom stereocenters. The van der Waals surface area contributed by atoms with Crippen molar-refractivity contribution in [3.63, 3.8) is 0 Å². The van der Waals surface area contributed by atoms with Crippen LogP contribution in [0.3, 0.4) is 0 Å². The molecular weight excluding hydrogens is 403 g/mol. The lowest BCUT2D eigenvalue weighted by atomic mass is 10.2. The molecule has 0 radical (unpaired) electrons. The van der Waals surface area contributed by atoms with Crippen LogP contribution in [0.5, 0.6) is 5.75 Å². The highest BCUT2D eigenvalue weighted by molar-refractivity contribution is 7.71. The Morgan fingerprint density at radius 3 is 2.85 bits per heavy atom. The zero-order valence-electron chi connectivity index (χ0n) is 14.7. The van der Waals surface area contributed by atoms with Crippen LogP contribution in [0.2, 0.25) is 10.0 Å². The van der Waals surface area contributed by atoms with E-state index in [2.05, 4.69) is 22.2 Å². The summed E-state index contributed by atoms with van der Waals surface area (Å²) in [6, 6.07) is 13.1. The first-order valence-electron chi connectivity index (χ1n) is 8.44. The molecule has 3 rings (SSSR count). The molecule has 1 N–H and O–H groups in total. The third-order valence-electron chi connectivity index (χ3n) is 3.76. The molecule has 0 unspecified atom stereocenters. The molecule has 0 saturated heterocycles. The second-order valence-corrected chi connectivity index (χ2v) is 7.06. The van der Waals surface area contributed by atoms with Crippen LogP contribution in [0, 0.1) is 4.77 Å². The number of rotatable bonds is 7. The van der Waals surface area contributed by atoms with Gasteiger partial charge in [0, 0.05) is 6.42 Å². The minimum Gasteiger partial charge on any atom is -0.489 e. The van der Waals surface area contributed by atoms with Gasteiger partial charge >= 0.3 is 0 Å². The Bertz CT molecular complexity index is 1010. The molecule has 0 fully saturated rings. The van der Waals surface area contributed by atoms with Gasteiger partial charge in [0.25, 0.3) is 0 Å². The van der Waals surface area contributed by atoms with Gasteiger partial charge < -0.3 is 4.74 Å². The van der Waals surface area contributed by atoms with Crippen molar-refractivity contribution >= 4 is 41.6 Å². The maximum absolute atomic E-state index is 6.04. The Morgan fingerprint density at radius 2 is 2.07 bits per heavy atom. The van der Waals surface area contributed by atoms with Gasteiger partial charge in [0.2, 0.25) is 4.77 Å². The number of hydrogen-bond acceptors (Lipinski definition) is 4. The number of hydrogen-bond donors (Lipinski definition) is 1. The third-order valence-corrected chi connectivity index (χ3v) is 4.76. The van der Waals surface area contributed by atoms with Crippen LogP contribution >= 0.6 is 35.4 Å². The van der Waals surface area contributed by atoms with E-state index in [0.717, 1.165) is 35.5 Å². The molecule has 0 bridgehead atoms. The number of aryl methyl sites for hydroxylation is 1. The number of aromatic nitrogens is 3. The first-order valence-corrected chi connectivity index (χ1v) is 9.60. The van der Waals surface area contributed by atoms with Crippen LogP contribution in [-0.2, 0) is 13.0 Å². The van der Waals surface area contributed by atoms with E-state index < -0.39 is 0 Å². The van der Waals surface area contributed by atoms with Gasteiger partial charge in [-0.15, -0.1) is 0 Å². The summed E-state index contributed by atoms with van der Waals surface area (Å²) in [4.78, 5) is 0. The molecule has 0 aliphatic carbocycles. The molecule has 140 valence electrons. The molecule has 0 spiro atoms. The van der Waals surface area contributed by atoms with E-state index in [9.17, 15) is 0 Å². The van der Waals surface area contributed by atoms with Crippen LogP contribution < -0.4 is 4.74 Å². The SMILES string of the molecule is CCCc1n[nH]c(=S)n1/N=C/c1cccc(OCc2ccc(Cl)c(Cl)c2)c1. The summed E-state index contributed by atoms with van der Waals surface area (Å²) in [5, 5.41) is 12.5. The molecule has 0 saturated carbocycles. The Kier molecular flexibility index (Phi) is 6.66. The summed E-state index contributed by atoms with van der Waals surface area (Å²) >= 11 is 17.2. The normalized spacial score (nSPS) is 11.2. The smallest absolute Gasteiger partial charge is 0.216 e. The average molecular weight is 421 g/mol.